The summed E-state index contributed by atoms with van der Waals surface area (Å²) < 4.78 is 28.3. The van der Waals surface area contributed by atoms with Crippen molar-refractivity contribution in [1.82, 2.24) is 4.57 Å². The molecule has 3 aromatic rings. The first-order valence-corrected chi connectivity index (χ1v) is 11.5. The van der Waals surface area contributed by atoms with Gasteiger partial charge in [0.2, 0.25) is 10.0 Å². The summed E-state index contributed by atoms with van der Waals surface area (Å²) in [6.07, 6.45) is 5.34. The number of hydrogen-bond acceptors (Lipinski definition) is 3. The minimum absolute atomic E-state index is 0.107. The Balaban J connectivity index is 2.21. The maximum Gasteiger partial charge on any atom is 0.229 e. The molecule has 0 amide bonds. The number of hydrogen-bond donors (Lipinski definition) is 2. The lowest BCUT2D eigenvalue weighted by atomic mass is 9.82. The van der Waals surface area contributed by atoms with Crippen LogP contribution in [0.15, 0.2) is 54.7 Å². The summed E-state index contributed by atoms with van der Waals surface area (Å²) in [7, 11) is -3.38. The summed E-state index contributed by atoms with van der Waals surface area (Å²) in [4.78, 5) is 0. The highest BCUT2D eigenvalue weighted by Crippen LogP contribution is 2.39. The van der Waals surface area contributed by atoms with E-state index in [0.29, 0.717) is 17.1 Å². The Morgan fingerprint density at radius 2 is 1.86 bits per heavy atom. The van der Waals surface area contributed by atoms with Gasteiger partial charge in [0.15, 0.2) is 0 Å². The molecule has 5 nitrogen and oxygen atoms in total. The van der Waals surface area contributed by atoms with Crippen molar-refractivity contribution in [2.75, 3.05) is 17.6 Å². The number of fused-ring (bicyclic) bond motifs is 1. The van der Waals surface area contributed by atoms with Crippen LogP contribution in [-0.2, 0) is 15.6 Å². The molecule has 1 atom stereocenters. The highest BCUT2D eigenvalue weighted by Gasteiger charge is 2.33. The maximum absolute atomic E-state index is 11.7. The Hall–Kier alpha value is -2.02. The second kappa shape index (κ2) is 8.15. The Kier molecular flexibility index (Phi) is 6.03. The molecule has 0 aliphatic carbocycles. The number of aromatic nitrogens is 1. The van der Waals surface area contributed by atoms with Crippen molar-refractivity contribution in [2.24, 2.45) is 0 Å². The smallest absolute Gasteiger partial charge is 0.229 e. The van der Waals surface area contributed by atoms with Crippen LogP contribution in [0.5, 0.6) is 0 Å². The Morgan fingerprint density at radius 3 is 2.46 bits per heavy atom. The standard InChI is InChI=1S/C21H25ClN2O3S/c1-3-21(13-5-15-25,16-8-10-17(22)11-9-16)24-14-12-18-19(23-28(2,26)27)6-4-7-20(18)24/h4,6-12,14,23,25H,3,5,13,15H2,1-2H3. The third-order valence-corrected chi connectivity index (χ3v) is 6.05. The number of aliphatic hydroxyl groups excluding tert-OH is 1. The van der Waals surface area contributed by atoms with Gasteiger partial charge in [-0.3, -0.25) is 4.72 Å². The predicted molar refractivity (Wildman–Crippen MR) is 116 cm³/mol. The zero-order chi connectivity index (χ0) is 20.4. The molecule has 1 unspecified atom stereocenters. The number of benzene rings is 2. The zero-order valence-corrected chi connectivity index (χ0v) is 17.6. The van der Waals surface area contributed by atoms with Crippen LogP contribution in [0, 0.1) is 0 Å². The second-order valence-electron chi connectivity index (χ2n) is 7.02. The first-order chi connectivity index (χ1) is 13.3. The minimum atomic E-state index is -3.38. The van der Waals surface area contributed by atoms with E-state index in [9.17, 15) is 13.5 Å². The van der Waals surface area contributed by atoms with Crippen molar-refractivity contribution in [3.8, 4) is 0 Å². The van der Waals surface area contributed by atoms with Crippen LogP contribution < -0.4 is 4.72 Å². The van der Waals surface area contributed by atoms with Crippen LogP contribution in [-0.4, -0.2) is 31.0 Å². The molecule has 1 aromatic heterocycles. The molecule has 0 aliphatic rings. The Labute approximate surface area is 171 Å². The number of halogens is 1. The van der Waals surface area contributed by atoms with E-state index in [1.54, 1.807) is 6.07 Å². The second-order valence-corrected chi connectivity index (χ2v) is 9.20. The minimum Gasteiger partial charge on any atom is -0.396 e. The van der Waals surface area contributed by atoms with Gasteiger partial charge in [-0.15, -0.1) is 0 Å². The van der Waals surface area contributed by atoms with Crippen molar-refractivity contribution in [2.45, 2.75) is 31.7 Å². The van der Waals surface area contributed by atoms with Gasteiger partial charge in [-0.25, -0.2) is 8.42 Å². The van der Waals surface area contributed by atoms with Crippen LogP contribution in [0.4, 0.5) is 5.69 Å². The molecule has 0 saturated carbocycles. The highest BCUT2D eigenvalue weighted by molar-refractivity contribution is 7.92. The van der Waals surface area contributed by atoms with Gasteiger partial charge in [0.1, 0.15) is 0 Å². The van der Waals surface area contributed by atoms with E-state index in [2.05, 4.69) is 16.2 Å². The lowest BCUT2D eigenvalue weighted by Gasteiger charge is -2.36. The van der Waals surface area contributed by atoms with Crippen molar-refractivity contribution in [3.05, 3.63) is 65.3 Å². The third kappa shape index (κ3) is 4.04. The van der Waals surface area contributed by atoms with Crippen LogP contribution in [0.2, 0.25) is 5.02 Å². The molecule has 0 radical (unpaired) electrons. The van der Waals surface area contributed by atoms with Crippen molar-refractivity contribution < 1.29 is 13.5 Å². The van der Waals surface area contributed by atoms with E-state index in [4.69, 9.17) is 11.6 Å². The van der Waals surface area contributed by atoms with E-state index in [0.717, 1.165) is 35.6 Å². The lowest BCUT2D eigenvalue weighted by Crippen LogP contribution is -2.34. The summed E-state index contributed by atoms with van der Waals surface area (Å²) in [6, 6.07) is 15.3. The van der Waals surface area contributed by atoms with Crippen LogP contribution >= 0.6 is 11.6 Å². The fourth-order valence-corrected chi connectivity index (χ4v) is 4.62. The average molecular weight is 421 g/mol. The summed E-state index contributed by atoms with van der Waals surface area (Å²) in [6.45, 7) is 2.23. The van der Waals surface area contributed by atoms with E-state index >= 15 is 0 Å². The molecule has 0 spiro atoms. The molecule has 2 N–H and O–H groups in total. The van der Waals surface area contributed by atoms with Crippen LogP contribution in [0.1, 0.15) is 31.7 Å². The van der Waals surface area contributed by atoms with Gasteiger partial charge in [-0.1, -0.05) is 36.7 Å². The quantitative estimate of drug-likeness (QED) is 0.559. The molecule has 0 aliphatic heterocycles. The van der Waals surface area contributed by atoms with Gasteiger partial charge < -0.3 is 9.67 Å². The Morgan fingerprint density at radius 1 is 1.14 bits per heavy atom. The van der Waals surface area contributed by atoms with Gasteiger partial charge >= 0.3 is 0 Å². The zero-order valence-electron chi connectivity index (χ0n) is 16.0. The molecule has 2 aromatic carbocycles. The summed E-state index contributed by atoms with van der Waals surface area (Å²) in [5.74, 6) is 0. The first-order valence-electron chi connectivity index (χ1n) is 9.26. The number of rotatable bonds is 8. The molecule has 0 bridgehead atoms. The summed E-state index contributed by atoms with van der Waals surface area (Å²) >= 11 is 6.10. The number of nitrogens with one attached hydrogen (secondary N) is 1. The van der Waals surface area contributed by atoms with Gasteiger partial charge in [0.25, 0.3) is 0 Å². The van der Waals surface area contributed by atoms with Gasteiger partial charge in [0, 0.05) is 23.2 Å². The highest BCUT2D eigenvalue weighted by atomic mass is 35.5. The third-order valence-electron chi connectivity index (χ3n) is 5.20. The maximum atomic E-state index is 11.7. The molecule has 28 heavy (non-hydrogen) atoms. The Bertz CT molecular complexity index is 1060. The molecule has 0 saturated heterocycles. The molecule has 150 valence electrons. The monoisotopic (exact) mass is 420 g/mol. The van der Waals surface area contributed by atoms with E-state index in [-0.39, 0.29) is 12.1 Å². The fraction of sp³-hybridized carbons (Fsp3) is 0.333. The number of aliphatic hydroxyl groups is 1. The molecule has 7 heteroatoms. The molecular formula is C21H25ClN2O3S. The van der Waals surface area contributed by atoms with Crippen LogP contribution in [0.25, 0.3) is 10.9 Å². The summed E-state index contributed by atoms with van der Waals surface area (Å²) in [5, 5.41) is 11.0. The normalized spacial score (nSPS) is 14.1. The van der Waals surface area contributed by atoms with Crippen LogP contribution in [0.3, 0.4) is 0 Å². The summed E-state index contributed by atoms with van der Waals surface area (Å²) in [5.41, 5.74) is 2.22. The molecule has 3 rings (SSSR count). The van der Waals surface area contributed by atoms with Gasteiger partial charge in [0.05, 0.1) is 23.0 Å². The first kappa shape index (κ1) is 20.7. The van der Waals surface area contributed by atoms with E-state index < -0.39 is 10.0 Å². The SMILES string of the molecule is CCC(CCCO)(c1ccc(Cl)cc1)n1ccc2c(NS(C)(=O)=O)cccc21. The lowest BCUT2D eigenvalue weighted by molar-refractivity contribution is 0.241. The number of nitrogens with zero attached hydrogens (tertiary/aromatic N) is 1. The predicted octanol–water partition coefficient (Wildman–Crippen LogP) is 4.59. The van der Waals surface area contributed by atoms with E-state index in [1.807, 2.05) is 48.7 Å². The molecule has 0 fully saturated rings. The topological polar surface area (TPSA) is 71.3 Å². The fourth-order valence-electron chi connectivity index (χ4n) is 3.92. The van der Waals surface area contributed by atoms with Gasteiger partial charge in [-0.2, -0.15) is 0 Å². The molecular weight excluding hydrogens is 396 g/mol. The molecule has 1 heterocycles. The van der Waals surface area contributed by atoms with Crippen molar-refractivity contribution in [1.29, 1.82) is 0 Å². The number of anilines is 1. The van der Waals surface area contributed by atoms with Crippen molar-refractivity contribution >= 4 is 38.2 Å². The largest absolute Gasteiger partial charge is 0.396 e. The average Bonchev–Trinajstić information content (AvgIpc) is 3.09. The number of sulfonamides is 1. The van der Waals surface area contributed by atoms with E-state index in [1.165, 1.54) is 0 Å². The van der Waals surface area contributed by atoms with Crippen molar-refractivity contribution in [3.63, 3.8) is 0 Å². The van der Waals surface area contributed by atoms with Gasteiger partial charge in [-0.05, 0) is 55.2 Å².